The van der Waals surface area contributed by atoms with Crippen LogP contribution < -0.4 is 10.6 Å². The van der Waals surface area contributed by atoms with Gasteiger partial charge >= 0.3 is 6.03 Å². The molecule has 151 valence electrons. The summed E-state index contributed by atoms with van der Waals surface area (Å²) in [5.74, 6) is 0.526. The molecule has 2 N–H and O–H groups in total. The monoisotopic (exact) mass is 393 g/mol. The number of carbonyl (C=O) groups excluding carboxylic acids is 2. The fraction of sp³-hybridized carbons (Fsp3) is 0.429. The van der Waals surface area contributed by atoms with E-state index in [1.165, 1.54) is 17.7 Å². The third-order valence-corrected chi connectivity index (χ3v) is 6.17. The molecular weight excluding hydrogens is 368 g/mol. The summed E-state index contributed by atoms with van der Waals surface area (Å²) in [7, 11) is 0. The molecular formula is C21H25N6O2. The Morgan fingerprint density at radius 3 is 2.55 bits per heavy atom. The van der Waals surface area contributed by atoms with Crippen LogP contribution in [-0.4, -0.2) is 63.0 Å². The molecule has 3 aliphatic rings. The van der Waals surface area contributed by atoms with Crippen molar-refractivity contribution in [2.75, 3.05) is 24.5 Å². The van der Waals surface area contributed by atoms with Gasteiger partial charge in [0.1, 0.15) is 11.9 Å². The number of likely N-dealkylation sites (tertiary alicyclic amines) is 1. The highest BCUT2D eigenvalue weighted by atomic mass is 16.2. The van der Waals surface area contributed by atoms with Gasteiger partial charge in [0.2, 0.25) is 5.91 Å². The molecule has 1 aromatic carbocycles. The number of hydrogen-bond donors (Lipinski definition) is 1. The lowest BCUT2D eigenvalue weighted by atomic mass is 10.1. The Morgan fingerprint density at radius 1 is 1.10 bits per heavy atom. The standard InChI is InChI=1S/C21H25N6O2/c22-20(28)19-17-4-3-12-26(17)21(29)27(19)16-7-5-15(6-8-16)25-13-9-23-18(25)14-24-10-1-2-11-24/h4-9,13,17,19H,1-3,10-12,14H2,(H2,22,28)/t17-,19?/m1/s1. The Kier molecular flexibility index (Phi) is 4.50. The zero-order chi connectivity index (χ0) is 20.0. The van der Waals surface area contributed by atoms with Crippen molar-refractivity contribution in [3.63, 3.8) is 0 Å². The van der Waals surface area contributed by atoms with Gasteiger partial charge in [0.25, 0.3) is 0 Å². The summed E-state index contributed by atoms with van der Waals surface area (Å²) in [4.78, 5) is 35.2. The van der Waals surface area contributed by atoms with Gasteiger partial charge in [-0.2, -0.15) is 0 Å². The predicted octanol–water partition coefficient (Wildman–Crippen LogP) is 1.54. The highest BCUT2D eigenvalue weighted by molar-refractivity contribution is 6.04. The van der Waals surface area contributed by atoms with Gasteiger partial charge in [-0.25, -0.2) is 9.78 Å². The Morgan fingerprint density at radius 2 is 1.83 bits per heavy atom. The molecule has 3 aliphatic heterocycles. The van der Waals surface area contributed by atoms with Crippen LogP contribution in [-0.2, 0) is 11.3 Å². The van der Waals surface area contributed by atoms with Crippen molar-refractivity contribution in [2.45, 2.75) is 37.9 Å². The third-order valence-electron chi connectivity index (χ3n) is 6.17. The van der Waals surface area contributed by atoms with Crippen molar-refractivity contribution >= 4 is 17.6 Å². The first-order valence-electron chi connectivity index (χ1n) is 10.2. The van der Waals surface area contributed by atoms with Crippen molar-refractivity contribution in [3.8, 4) is 5.69 Å². The summed E-state index contributed by atoms with van der Waals surface area (Å²) in [5.41, 5.74) is 7.32. The lowest BCUT2D eigenvalue weighted by molar-refractivity contribution is -0.119. The SMILES string of the molecule is NC(=O)C1[C@H]2[CH]CCN2C(=O)N1c1ccc(-n2ccnc2CN2CCCC2)cc1. The Balaban J connectivity index is 1.40. The molecule has 2 aromatic rings. The summed E-state index contributed by atoms with van der Waals surface area (Å²) < 4.78 is 2.07. The Bertz CT molecular complexity index is 918. The van der Waals surface area contributed by atoms with Gasteiger partial charge in [0, 0.05) is 30.3 Å². The molecule has 0 saturated carbocycles. The summed E-state index contributed by atoms with van der Waals surface area (Å²) in [5, 5.41) is 0. The number of urea groups is 1. The zero-order valence-corrected chi connectivity index (χ0v) is 16.3. The first-order valence-corrected chi connectivity index (χ1v) is 10.2. The molecule has 1 unspecified atom stereocenters. The zero-order valence-electron chi connectivity index (χ0n) is 16.3. The van der Waals surface area contributed by atoms with Crippen LogP contribution in [0.15, 0.2) is 36.7 Å². The number of aromatic nitrogens is 2. The number of fused-ring (bicyclic) bond motifs is 1. The number of rotatable bonds is 5. The van der Waals surface area contributed by atoms with Crippen molar-refractivity contribution in [1.29, 1.82) is 0 Å². The van der Waals surface area contributed by atoms with E-state index in [0.717, 1.165) is 37.6 Å². The van der Waals surface area contributed by atoms with E-state index in [4.69, 9.17) is 5.73 Å². The number of hydrogen-bond acceptors (Lipinski definition) is 4. The maximum Gasteiger partial charge on any atom is 0.325 e. The fourth-order valence-corrected chi connectivity index (χ4v) is 4.76. The molecule has 3 fully saturated rings. The van der Waals surface area contributed by atoms with E-state index in [-0.39, 0.29) is 12.1 Å². The molecule has 8 heteroatoms. The minimum atomic E-state index is -0.658. The van der Waals surface area contributed by atoms with Gasteiger partial charge < -0.3 is 15.2 Å². The normalized spacial score (nSPS) is 24.5. The number of nitrogens with zero attached hydrogens (tertiary/aromatic N) is 5. The van der Waals surface area contributed by atoms with Crippen LogP contribution in [0.25, 0.3) is 5.69 Å². The van der Waals surface area contributed by atoms with Gasteiger partial charge in [0.05, 0.1) is 12.6 Å². The smallest absolute Gasteiger partial charge is 0.325 e. The van der Waals surface area contributed by atoms with Crippen LogP contribution >= 0.6 is 0 Å². The van der Waals surface area contributed by atoms with E-state index in [1.807, 2.05) is 43.1 Å². The number of primary amides is 1. The van der Waals surface area contributed by atoms with Gasteiger partial charge in [-0.3, -0.25) is 14.6 Å². The first kappa shape index (κ1) is 18.2. The van der Waals surface area contributed by atoms with Crippen molar-refractivity contribution in [3.05, 3.63) is 48.9 Å². The van der Waals surface area contributed by atoms with Crippen LogP contribution in [0.3, 0.4) is 0 Å². The van der Waals surface area contributed by atoms with Gasteiger partial charge in [-0.05, 0) is 63.0 Å². The summed E-state index contributed by atoms with van der Waals surface area (Å²) >= 11 is 0. The topological polar surface area (TPSA) is 87.7 Å². The van der Waals surface area contributed by atoms with Crippen LogP contribution in [0.2, 0.25) is 0 Å². The number of anilines is 1. The van der Waals surface area contributed by atoms with E-state index in [0.29, 0.717) is 12.2 Å². The van der Waals surface area contributed by atoms with Crippen LogP contribution in [0.1, 0.15) is 25.1 Å². The van der Waals surface area contributed by atoms with E-state index in [2.05, 4.69) is 14.5 Å². The minimum Gasteiger partial charge on any atom is -0.368 e. The summed E-state index contributed by atoms with van der Waals surface area (Å²) in [6.45, 7) is 3.70. The highest BCUT2D eigenvalue weighted by Crippen LogP contribution is 2.35. The van der Waals surface area contributed by atoms with Gasteiger partial charge in [-0.1, -0.05) is 0 Å². The van der Waals surface area contributed by atoms with E-state index >= 15 is 0 Å². The summed E-state index contributed by atoms with van der Waals surface area (Å²) in [6.07, 6.45) is 9.08. The Labute approximate surface area is 169 Å². The lowest BCUT2D eigenvalue weighted by Gasteiger charge is -2.23. The number of amides is 3. The number of carbonyl (C=O) groups is 2. The molecule has 0 bridgehead atoms. The minimum absolute atomic E-state index is 0.155. The second-order valence-electron chi connectivity index (χ2n) is 7.92. The molecule has 3 saturated heterocycles. The fourth-order valence-electron chi connectivity index (χ4n) is 4.76. The maximum absolute atomic E-state index is 12.9. The molecule has 5 rings (SSSR count). The largest absolute Gasteiger partial charge is 0.368 e. The third kappa shape index (κ3) is 3.07. The molecule has 8 nitrogen and oxygen atoms in total. The molecule has 0 aliphatic carbocycles. The maximum atomic E-state index is 12.9. The van der Waals surface area contributed by atoms with Gasteiger partial charge in [0.15, 0.2) is 0 Å². The van der Waals surface area contributed by atoms with Crippen molar-refractivity contribution < 1.29 is 9.59 Å². The Hall–Kier alpha value is -2.87. The molecule has 4 heterocycles. The average molecular weight is 393 g/mol. The van der Waals surface area contributed by atoms with E-state index in [1.54, 1.807) is 4.90 Å². The van der Waals surface area contributed by atoms with Crippen LogP contribution in [0, 0.1) is 6.42 Å². The predicted molar refractivity (Wildman–Crippen MR) is 108 cm³/mol. The van der Waals surface area contributed by atoms with Gasteiger partial charge in [-0.15, -0.1) is 0 Å². The van der Waals surface area contributed by atoms with Crippen LogP contribution in [0.5, 0.6) is 0 Å². The van der Waals surface area contributed by atoms with Crippen LogP contribution in [0.4, 0.5) is 10.5 Å². The number of imidazole rings is 1. The summed E-state index contributed by atoms with van der Waals surface area (Å²) in [6, 6.07) is 6.63. The second-order valence-corrected chi connectivity index (χ2v) is 7.92. The molecule has 1 aromatic heterocycles. The molecule has 2 atom stereocenters. The lowest BCUT2D eigenvalue weighted by Crippen LogP contribution is -2.46. The van der Waals surface area contributed by atoms with Crippen molar-refractivity contribution in [2.24, 2.45) is 5.73 Å². The average Bonchev–Trinajstić information content (AvgIpc) is 3.49. The van der Waals surface area contributed by atoms with E-state index in [9.17, 15) is 9.59 Å². The highest BCUT2D eigenvalue weighted by Gasteiger charge is 2.51. The molecule has 1 radical (unpaired) electrons. The molecule has 0 spiro atoms. The molecule has 3 amide bonds. The number of benzene rings is 1. The molecule has 29 heavy (non-hydrogen) atoms. The first-order chi connectivity index (χ1) is 14.1. The van der Waals surface area contributed by atoms with E-state index < -0.39 is 11.9 Å². The number of nitrogens with two attached hydrogens (primary N) is 1. The van der Waals surface area contributed by atoms with Crippen molar-refractivity contribution in [1.82, 2.24) is 19.4 Å². The quantitative estimate of drug-likeness (QED) is 0.835. The second kappa shape index (κ2) is 7.18.